The van der Waals surface area contributed by atoms with E-state index in [9.17, 15) is 21.6 Å². The number of halogens is 3. The van der Waals surface area contributed by atoms with Crippen LogP contribution < -0.4 is 4.74 Å². The van der Waals surface area contributed by atoms with Gasteiger partial charge in [0.15, 0.2) is 0 Å². The highest BCUT2D eigenvalue weighted by Gasteiger charge is 2.38. The van der Waals surface area contributed by atoms with Crippen LogP contribution in [0.2, 0.25) is 0 Å². The zero-order valence-electron chi connectivity index (χ0n) is 13.6. The van der Waals surface area contributed by atoms with Gasteiger partial charge in [-0.05, 0) is 19.4 Å². The highest BCUT2D eigenvalue weighted by molar-refractivity contribution is 7.89. The standard InChI is InChI=1S/C14H15F3N4O4S/c1-2-26(22,23)21-6-5-10(8-21)24-11-4-3-9(7-18-11)12-19-13(25-20-12)14(15,16)17/h3-4,7,10H,2,5-6,8H2,1H3/t10-/m0/s1. The number of aromatic nitrogens is 3. The summed E-state index contributed by atoms with van der Waals surface area (Å²) < 4.78 is 72.2. The molecule has 2 aromatic rings. The van der Waals surface area contributed by atoms with Crippen LogP contribution in [0.1, 0.15) is 19.2 Å². The lowest BCUT2D eigenvalue weighted by molar-refractivity contribution is -0.159. The Morgan fingerprint density at radius 2 is 2.15 bits per heavy atom. The van der Waals surface area contributed by atoms with E-state index in [2.05, 4.69) is 19.6 Å². The molecule has 1 atom stereocenters. The van der Waals surface area contributed by atoms with Gasteiger partial charge >= 0.3 is 12.1 Å². The normalized spacial score (nSPS) is 19.0. The molecule has 1 aliphatic rings. The Labute approximate surface area is 147 Å². The van der Waals surface area contributed by atoms with E-state index in [0.29, 0.717) is 13.0 Å². The highest BCUT2D eigenvalue weighted by Crippen LogP contribution is 2.29. The summed E-state index contributed by atoms with van der Waals surface area (Å²) in [5, 5.41) is 3.27. The van der Waals surface area contributed by atoms with Crippen molar-refractivity contribution in [1.29, 1.82) is 0 Å². The lowest BCUT2D eigenvalue weighted by Gasteiger charge is -2.15. The molecule has 0 aliphatic carbocycles. The first-order chi connectivity index (χ1) is 12.2. The van der Waals surface area contributed by atoms with E-state index in [-0.39, 0.29) is 35.7 Å². The molecule has 0 unspecified atom stereocenters. The van der Waals surface area contributed by atoms with E-state index in [1.165, 1.54) is 22.6 Å². The number of ether oxygens (including phenoxy) is 1. The molecule has 0 aromatic carbocycles. The van der Waals surface area contributed by atoms with E-state index in [1.807, 2.05) is 0 Å². The van der Waals surface area contributed by atoms with Gasteiger partial charge in [0.05, 0.1) is 12.3 Å². The number of alkyl halides is 3. The second-order valence-corrected chi connectivity index (χ2v) is 7.85. The number of hydrogen-bond donors (Lipinski definition) is 0. The largest absolute Gasteiger partial charge is 0.473 e. The number of rotatable bonds is 5. The van der Waals surface area contributed by atoms with E-state index < -0.39 is 22.1 Å². The predicted octanol–water partition coefficient (Wildman–Crippen LogP) is 1.95. The fraction of sp³-hybridized carbons (Fsp3) is 0.500. The topological polar surface area (TPSA) is 98.4 Å². The number of nitrogens with zero attached hydrogens (tertiary/aromatic N) is 4. The van der Waals surface area contributed by atoms with E-state index in [4.69, 9.17) is 4.74 Å². The zero-order chi connectivity index (χ0) is 18.9. The van der Waals surface area contributed by atoms with Gasteiger partial charge in [-0.2, -0.15) is 22.5 Å². The molecule has 0 bridgehead atoms. The monoisotopic (exact) mass is 392 g/mol. The Bertz CT molecular complexity index is 867. The van der Waals surface area contributed by atoms with Gasteiger partial charge in [-0.15, -0.1) is 0 Å². The Morgan fingerprint density at radius 1 is 1.38 bits per heavy atom. The molecular formula is C14H15F3N4O4S. The molecule has 0 N–H and O–H groups in total. The van der Waals surface area contributed by atoms with Gasteiger partial charge < -0.3 is 9.26 Å². The molecule has 26 heavy (non-hydrogen) atoms. The molecule has 1 fully saturated rings. The van der Waals surface area contributed by atoms with Crippen LogP contribution in [0.3, 0.4) is 0 Å². The smallest absolute Gasteiger partial charge is 0.471 e. The van der Waals surface area contributed by atoms with Gasteiger partial charge in [-0.3, -0.25) is 0 Å². The minimum atomic E-state index is -4.71. The minimum absolute atomic E-state index is 0.0251. The maximum Gasteiger partial charge on any atom is 0.471 e. The van der Waals surface area contributed by atoms with Crippen molar-refractivity contribution in [3.63, 3.8) is 0 Å². The maximum absolute atomic E-state index is 12.5. The lowest BCUT2D eigenvalue weighted by atomic mass is 10.2. The minimum Gasteiger partial charge on any atom is -0.473 e. The molecule has 0 amide bonds. The Kier molecular flexibility index (Phi) is 4.88. The van der Waals surface area contributed by atoms with E-state index in [1.54, 1.807) is 6.92 Å². The van der Waals surface area contributed by atoms with Gasteiger partial charge in [0.1, 0.15) is 6.10 Å². The fourth-order valence-corrected chi connectivity index (χ4v) is 3.58. The van der Waals surface area contributed by atoms with Gasteiger partial charge in [-0.25, -0.2) is 13.4 Å². The first-order valence-corrected chi connectivity index (χ1v) is 9.32. The van der Waals surface area contributed by atoms with Crippen molar-refractivity contribution in [2.75, 3.05) is 18.8 Å². The van der Waals surface area contributed by atoms with Crippen molar-refractivity contribution in [2.45, 2.75) is 25.6 Å². The molecule has 1 aliphatic heterocycles. The van der Waals surface area contributed by atoms with Crippen LogP contribution in [-0.4, -0.2) is 52.8 Å². The van der Waals surface area contributed by atoms with Crippen LogP contribution in [0.25, 0.3) is 11.4 Å². The van der Waals surface area contributed by atoms with Crippen LogP contribution in [0, 0.1) is 0 Å². The SMILES string of the molecule is CCS(=O)(=O)N1CC[C@H](Oc2ccc(-c3noc(C(F)(F)F)n3)cn2)C1. The number of pyridine rings is 1. The van der Waals surface area contributed by atoms with Crippen molar-refractivity contribution in [3.8, 4) is 17.3 Å². The zero-order valence-corrected chi connectivity index (χ0v) is 14.4. The molecule has 3 heterocycles. The average Bonchev–Trinajstić information content (AvgIpc) is 3.25. The molecule has 3 rings (SSSR count). The van der Waals surface area contributed by atoms with E-state index in [0.717, 1.165) is 0 Å². The predicted molar refractivity (Wildman–Crippen MR) is 82.6 cm³/mol. The van der Waals surface area contributed by atoms with Crippen molar-refractivity contribution in [3.05, 3.63) is 24.2 Å². The molecular weight excluding hydrogens is 377 g/mol. The quantitative estimate of drug-likeness (QED) is 0.767. The third-order valence-electron chi connectivity index (χ3n) is 3.82. The summed E-state index contributed by atoms with van der Waals surface area (Å²) in [5.74, 6) is -1.42. The first-order valence-electron chi connectivity index (χ1n) is 7.71. The third kappa shape index (κ3) is 3.96. The van der Waals surface area contributed by atoms with Gasteiger partial charge in [0, 0.05) is 24.4 Å². The van der Waals surface area contributed by atoms with Crippen molar-refractivity contribution in [2.24, 2.45) is 0 Å². The van der Waals surface area contributed by atoms with Crippen LogP contribution in [0.4, 0.5) is 13.2 Å². The molecule has 12 heteroatoms. The second-order valence-electron chi connectivity index (χ2n) is 5.59. The second kappa shape index (κ2) is 6.83. The summed E-state index contributed by atoms with van der Waals surface area (Å²) in [6, 6.07) is 2.90. The Morgan fingerprint density at radius 3 is 2.73 bits per heavy atom. The third-order valence-corrected chi connectivity index (χ3v) is 5.66. The summed E-state index contributed by atoms with van der Waals surface area (Å²) in [4.78, 5) is 7.28. The van der Waals surface area contributed by atoms with Crippen molar-refractivity contribution in [1.82, 2.24) is 19.4 Å². The van der Waals surface area contributed by atoms with Crippen molar-refractivity contribution >= 4 is 10.0 Å². The number of sulfonamides is 1. The Hall–Kier alpha value is -2.21. The molecule has 0 spiro atoms. The Balaban J connectivity index is 1.65. The van der Waals surface area contributed by atoms with Gasteiger partial charge in [0.25, 0.3) is 0 Å². The first kappa shape index (κ1) is 18.6. The molecule has 142 valence electrons. The molecule has 0 radical (unpaired) electrons. The molecule has 0 saturated carbocycles. The lowest BCUT2D eigenvalue weighted by Crippen LogP contribution is -2.32. The number of hydrogen-bond acceptors (Lipinski definition) is 7. The highest BCUT2D eigenvalue weighted by atomic mass is 32.2. The summed E-state index contributed by atoms with van der Waals surface area (Å²) in [6.07, 6.45) is -3.26. The summed E-state index contributed by atoms with van der Waals surface area (Å²) in [7, 11) is -3.26. The fourth-order valence-electron chi connectivity index (χ4n) is 2.44. The summed E-state index contributed by atoms with van der Waals surface area (Å²) >= 11 is 0. The molecule has 8 nitrogen and oxygen atoms in total. The van der Waals surface area contributed by atoms with E-state index >= 15 is 0 Å². The van der Waals surface area contributed by atoms with Crippen LogP contribution in [0.15, 0.2) is 22.9 Å². The average molecular weight is 392 g/mol. The summed E-state index contributed by atoms with van der Waals surface area (Å²) in [5.41, 5.74) is 0.234. The van der Waals surface area contributed by atoms with Crippen LogP contribution >= 0.6 is 0 Å². The van der Waals surface area contributed by atoms with Gasteiger partial charge in [-0.1, -0.05) is 5.16 Å². The van der Waals surface area contributed by atoms with Crippen LogP contribution in [0.5, 0.6) is 5.88 Å². The molecule has 2 aromatic heterocycles. The van der Waals surface area contributed by atoms with Crippen molar-refractivity contribution < 1.29 is 30.8 Å². The maximum atomic E-state index is 12.5. The molecule has 1 saturated heterocycles. The van der Waals surface area contributed by atoms with Crippen LogP contribution in [-0.2, 0) is 16.2 Å². The summed E-state index contributed by atoms with van der Waals surface area (Å²) in [6.45, 7) is 2.19. The van der Waals surface area contributed by atoms with Gasteiger partial charge in [0.2, 0.25) is 21.7 Å².